The molecule has 0 aliphatic heterocycles. The first-order valence-corrected chi connectivity index (χ1v) is 5.12. The molecule has 1 unspecified atom stereocenters. The monoisotopic (exact) mass is 226 g/mol. The third-order valence-corrected chi connectivity index (χ3v) is 2.08. The Bertz CT molecular complexity index is 363. The van der Waals surface area contributed by atoms with Gasteiger partial charge in [-0.15, -0.1) is 0 Å². The van der Waals surface area contributed by atoms with Gasteiger partial charge in [-0.2, -0.15) is 0 Å². The summed E-state index contributed by atoms with van der Waals surface area (Å²) >= 11 is 0. The molecular weight excluding hydrogens is 211 g/mol. The average Bonchev–Trinajstić information content (AvgIpc) is 2.19. The summed E-state index contributed by atoms with van der Waals surface area (Å²) in [5, 5.41) is 8.93. The first kappa shape index (κ1) is 12.6. The first-order valence-electron chi connectivity index (χ1n) is 5.12. The number of rotatable bonds is 5. The fourth-order valence-electron chi connectivity index (χ4n) is 1.39. The van der Waals surface area contributed by atoms with Crippen molar-refractivity contribution >= 4 is 5.97 Å². The van der Waals surface area contributed by atoms with Gasteiger partial charge in [0.25, 0.3) is 0 Å². The van der Waals surface area contributed by atoms with Gasteiger partial charge in [0, 0.05) is 6.42 Å². The number of benzene rings is 1. The van der Waals surface area contributed by atoms with Crippen molar-refractivity contribution < 1.29 is 19.0 Å². The largest absolute Gasteiger partial charge is 0.479 e. The predicted octanol–water partition coefficient (Wildman–Crippen LogP) is 2.25. The highest BCUT2D eigenvalue weighted by Gasteiger charge is 2.21. The minimum atomic E-state index is -1.07. The van der Waals surface area contributed by atoms with E-state index >= 15 is 0 Å². The number of carboxylic acids is 1. The Morgan fingerprint density at radius 1 is 1.44 bits per heavy atom. The van der Waals surface area contributed by atoms with Gasteiger partial charge in [0.2, 0.25) is 0 Å². The number of hydrogen-bond acceptors (Lipinski definition) is 2. The molecule has 0 radical (unpaired) electrons. The number of carbonyl (C=O) groups is 1. The predicted molar refractivity (Wildman–Crippen MR) is 57.7 cm³/mol. The lowest BCUT2D eigenvalue weighted by Crippen LogP contribution is -2.29. The van der Waals surface area contributed by atoms with Crippen LogP contribution < -0.4 is 0 Å². The summed E-state index contributed by atoms with van der Waals surface area (Å²) in [7, 11) is 0. The Hall–Kier alpha value is -1.42. The maximum Gasteiger partial charge on any atom is 0.333 e. The third kappa shape index (κ3) is 3.62. The zero-order valence-corrected chi connectivity index (χ0v) is 9.31. The van der Waals surface area contributed by atoms with Gasteiger partial charge in [-0.1, -0.05) is 18.2 Å². The first-order chi connectivity index (χ1) is 7.50. The van der Waals surface area contributed by atoms with Crippen molar-refractivity contribution in [2.24, 2.45) is 0 Å². The van der Waals surface area contributed by atoms with Gasteiger partial charge < -0.3 is 9.84 Å². The van der Waals surface area contributed by atoms with Crippen LogP contribution in [0.25, 0.3) is 0 Å². The Morgan fingerprint density at radius 3 is 2.56 bits per heavy atom. The lowest BCUT2D eigenvalue weighted by Gasteiger charge is -2.16. The van der Waals surface area contributed by atoms with Crippen molar-refractivity contribution in [3.05, 3.63) is 35.6 Å². The number of hydrogen-bond donors (Lipinski definition) is 1. The Morgan fingerprint density at radius 2 is 2.06 bits per heavy atom. The van der Waals surface area contributed by atoms with Gasteiger partial charge in [0.1, 0.15) is 5.82 Å². The molecule has 1 aromatic rings. The molecule has 0 amide bonds. The molecule has 88 valence electrons. The topological polar surface area (TPSA) is 46.5 Å². The molecule has 3 nitrogen and oxygen atoms in total. The maximum absolute atomic E-state index is 13.3. The van der Waals surface area contributed by atoms with Crippen LogP contribution in [0, 0.1) is 5.82 Å². The number of aliphatic carboxylic acids is 1. The molecule has 1 aromatic carbocycles. The Kier molecular flexibility index (Phi) is 4.43. The highest BCUT2D eigenvalue weighted by Crippen LogP contribution is 2.12. The fraction of sp³-hybridized carbons (Fsp3) is 0.417. The van der Waals surface area contributed by atoms with Crippen molar-refractivity contribution in [1.29, 1.82) is 0 Å². The molecule has 0 fully saturated rings. The molecule has 1 N–H and O–H groups in total. The second-order valence-electron chi connectivity index (χ2n) is 3.81. The van der Waals surface area contributed by atoms with Gasteiger partial charge in [-0.05, 0) is 25.5 Å². The van der Waals surface area contributed by atoms with Crippen LogP contribution in [0.1, 0.15) is 19.4 Å². The number of ether oxygens (including phenoxy) is 1. The zero-order chi connectivity index (χ0) is 12.1. The zero-order valence-electron chi connectivity index (χ0n) is 9.31. The van der Waals surface area contributed by atoms with Crippen LogP contribution >= 0.6 is 0 Å². The summed E-state index contributed by atoms with van der Waals surface area (Å²) in [5.74, 6) is -1.47. The van der Waals surface area contributed by atoms with Crippen molar-refractivity contribution in [2.45, 2.75) is 32.5 Å². The van der Waals surface area contributed by atoms with Crippen molar-refractivity contribution in [3.8, 4) is 0 Å². The summed E-state index contributed by atoms with van der Waals surface area (Å²) in [4.78, 5) is 10.9. The van der Waals surface area contributed by atoms with E-state index in [1.165, 1.54) is 6.07 Å². The summed E-state index contributed by atoms with van der Waals surface area (Å²) in [6.45, 7) is 3.49. The van der Waals surface area contributed by atoms with E-state index in [-0.39, 0.29) is 12.5 Å². The van der Waals surface area contributed by atoms with Crippen LogP contribution in [-0.2, 0) is 16.0 Å². The van der Waals surface area contributed by atoms with E-state index in [1.54, 1.807) is 32.0 Å². The molecule has 0 heterocycles. The highest BCUT2D eigenvalue weighted by atomic mass is 19.1. The lowest BCUT2D eigenvalue weighted by atomic mass is 10.1. The van der Waals surface area contributed by atoms with E-state index in [9.17, 15) is 9.18 Å². The number of carboxylic acid groups (broad SMARTS) is 1. The van der Waals surface area contributed by atoms with Crippen molar-refractivity contribution in [1.82, 2.24) is 0 Å². The van der Waals surface area contributed by atoms with E-state index in [1.807, 2.05) is 0 Å². The van der Waals surface area contributed by atoms with Crippen LogP contribution in [0.5, 0.6) is 0 Å². The molecular formula is C12H15FO3. The van der Waals surface area contributed by atoms with E-state index in [0.29, 0.717) is 5.56 Å². The quantitative estimate of drug-likeness (QED) is 0.837. The average molecular weight is 226 g/mol. The second kappa shape index (κ2) is 5.61. The van der Waals surface area contributed by atoms with E-state index < -0.39 is 17.9 Å². The summed E-state index contributed by atoms with van der Waals surface area (Å²) < 4.78 is 18.5. The third-order valence-electron chi connectivity index (χ3n) is 2.08. The van der Waals surface area contributed by atoms with Gasteiger partial charge in [0.05, 0.1) is 6.10 Å². The van der Waals surface area contributed by atoms with E-state index in [2.05, 4.69) is 0 Å². The summed E-state index contributed by atoms with van der Waals surface area (Å²) in [5.41, 5.74) is 0.357. The molecule has 4 heteroatoms. The summed E-state index contributed by atoms with van der Waals surface area (Å²) in [6, 6.07) is 6.11. The molecule has 0 spiro atoms. The smallest absolute Gasteiger partial charge is 0.333 e. The Labute approximate surface area is 93.9 Å². The van der Waals surface area contributed by atoms with Gasteiger partial charge in [-0.3, -0.25) is 0 Å². The molecule has 16 heavy (non-hydrogen) atoms. The maximum atomic E-state index is 13.3. The van der Waals surface area contributed by atoms with Crippen LogP contribution in [0.15, 0.2) is 24.3 Å². The lowest BCUT2D eigenvalue weighted by molar-refractivity contribution is -0.153. The molecule has 0 saturated carbocycles. The minimum absolute atomic E-state index is 0.0419. The van der Waals surface area contributed by atoms with Crippen LogP contribution in [0.2, 0.25) is 0 Å². The summed E-state index contributed by atoms with van der Waals surface area (Å²) in [6.07, 6.45) is -1.16. The van der Waals surface area contributed by atoms with Crippen LogP contribution in [0.4, 0.5) is 4.39 Å². The van der Waals surface area contributed by atoms with Gasteiger partial charge >= 0.3 is 5.97 Å². The number of halogens is 1. The van der Waals surface area contributed by atoms with Crippen LogP contribution in [0.3, 0.4) is 0 Å². The van der Waals surface area contributed by atoms with Crippen LogP contribution in [-0.4, -0.2) is 23.3 Å². The molecule has 0 saturated heterocycles. The SMILES string of the molecule is CC(C)OC(Cc1ccccc1F)C(=O)O. The van der Waals surface area contributed by atoms with Gasteiger partial charge in [0.15, 0.2) is 6.10 Å². The fourth-order valence-corrected chi connectivity index (χ4v) is 1.39. The molecule has 0 aliphatic rings. The molecule has 1 atom stereocenters. The standard InChI is InChI=1S/C12H15FO3/c1-8(2)16-11(12(14)15)7-9-5-3-4-6-10(9)13/h3-6,8,11H,7H2,1-2H3,(H,14,15). The Balaban J connectivity index is 2.76. The second-order valence-corrected chi connectivity index (χ2v) is 3.81. The van der Waals surface area contributed by atoms with E-state index in [4.69, 9.17) is 9.84 Å². The van der Waals surface area contributed by atoms with Crippen molar-refractivity contribution in [3.63, 3.8) is 0 Å². The highest BCUT2D eigenvalue weighted by molar-refractivity contribution is 5.72. The molecule has 0 bridgehead atoms. The van der Waals surface area contributed by atoms with Gasteiger partial charge in [-0.25, -0.2) is 9.18 Å². The van der Waals surface area contributed by atoms with E-state index in [0.717, 1.165) is 0 Å². The molecule has 1 rings (SSSR count). The molecule has 0 aromatic heterocycles. The molecule has 0 aliphatic carbocycles. The minimum Gasteiger partial charge on any atom is -0.479 e. The normalized spacial score (nSPS) is 12.8. The van der Waals surface area contributed by atoms with Crippen molar-refractivity contribution in [2.75, 3.05) is 0 Å².